The van der Waals surface area contributed by atoms with Crippen LogP contribution in [0.2, 0.25) is 0 Å². The zero-order valence-electron chi connectivity index (χ0n) is 13.4. The Hall–Kier alpha value is -2.12. The lowest BCUT2D eigenvalue weighted by Gasteiger charge is -2.20. The van der Waals surface area contributed by atoms with Gasteiger partial charge in [0, 0.05) is 26.3 Å². The summed E-state index contributed by atoms with van der Waals surface area (Å²) < 4.78 is 12.2. The number of thioether (sulfide) groups is 1. The Morgan fingerprint density at radius 2 is 1.92 bits per heavy atom. The van der Waals surface area contributed by atoms with E-state index in [0.717, 1.165) is 20.3 Å². The summed E-state index contributed by atoms with van der Waals surface area (Å²) in [4.78, 5) is 16.7. The fourth-order valence-corrected chi connectivity index (χ4v) is 3.66. The third-order valence-corrected chi connectivity index (χ3v) is 5.21. The number of fused-ring (bicyclic) bond motifs is 2. The summed E-state index contributed by atoms with van der Waals surface area (Å²) in [5, 5.41) is 3.95. The van der Waals surface area contributed by atoms with Crippen molar-refractivity contribution >= 4 is 50.2 Å². The largest absolute Gasteiger partial charge is 0.486 e. The van der Waals surface area contributed by atoms with E-state index in [0.29, 0.717) is 36.1 Å². The Bertz CT molecular complexity index is 970. The Morgan fingerprint density at radius 3 is 2.68 bits per heavy atom. The van der Waals surface area contributed by atoms with Crippen molar-refractivity contribution < 1.29 is 14.3 Å². The quantitative estimate of drug-likeness (QED) is 0.606. The van der Waals surface area contributed by atoms with Crippen LogP contribution in [0.25, 0.3) is 10.9 Å². The van der Waals surface area contributed by atoms with Gasteiger partial charge in [0.1, 0.15) is 18.9 Å². The molecule has 4 rings (SSSR count). The highest BCUT2D eigenvalue weighted by Gasteiger charge is 2.18. The fourth-order valence-electron chi connectivity index (χ4n) is 2.75. The predicted octanol–water partition coefficient (Wildman–Crippen LogP) is 4.68. The summed E-state index contributed by atoms with van der Waals surface area (Å²) in [7, 11) is 0. The van der Waals surface area contributed by atoms with Crippen molar-refractivity contribution in [3.05, 3.63) is 46.6 Å². The molecule has 2 aromatic carbocycles. The number of carbonyl (C=O) groups excluding carboxylic acids is 1. The van der Waals surface area contributed by atoms with Gasteiger partial charge < -0.3 is 19.8 Å². The van der Waals surface area contributed by atoms with Crippen LogP contribution in [-0.2, 0) is 0 Å². The fraction of sp³-hybridized carbons (Fsp3) is 0.167. The number of aromatic nitrogens is 1. The zero-order chi connectivity index (χ0) is 17.4. The van der Waals surface area contributed by atoms with Crippen molar-refractivity contribution in [2.75, 3.05) is 24.8 Å². The molecule has 1 amide bonds. The number of halogens is 1. The third kappa shape index (κ3) is 3.21. The van der Waals surface area contributed by atoms with Gasteiger partial charge in [-0.05, 0) is 30.5 Å². The predicted molar refractivity (Wildman–Crippen MR) is 103 cm³/mol. The Morgan fingerprint density at radius 1 is 1.16 bits per heavy atom. The first-order chi connectivity index (χ1) is 12.1. The standard InChI is InChI=1S/C18H15BrN2O3S/c1-25-17-9-16-15(23-4-5-24-16)8-13(17)21-18(22)14-6-10-2-3-11(19)7-12(10)20-14/h2-3,6-9,20H,4-5H2,1H3,(H,21,22). The smallest absolute Gasteiger partial charge is 0.272 e. The van der Waals surface area contributed by atoms with Gasteiger partial charge in [-0.3, -0.25) is 4.79 Å². The molecule has 1 aromatic heterocycles. The molecule has 0 bridgehead atoms. The molecule has 7 heteroatoms. The first-order valence-corrected chi connectivity index (χ1v) is 9.73. The van der Waals surface area contributed by atoms with Crippen LogP contribution in [-0.4, -0.2) is 30.4 Å². The van der Waals surface area contributed by atoms with E-state index in [1.54, 1.807) is 11.8 Å². The summed E-state index contributed by atoms with van der Waals surface area (Å²) in [6, 6.07) is 11.4. The molecule has 0 saturated heterocycles. The van der Waals surface area contributed by atoms with Gasteiger partial charge in [-0.15, -0.1) is 11.8 Å². The number of ether oxygens (including phenoxy) is 2. The number of H-pyrrole nitrogens is 1. The maximum Gasteiger partial charge on any atom is 0.272 e. The molecule has 0 fully saturated rings. The minimum atomic E-state index is -0.195. The lowest BCUT2D eigenvalue weighted by molar-refractivity contribution is 0.102. The maximum atomic E-state index is 12.7. The molecule has 5 nitrogen and oxygen atoms in total. The summed E-state index contributed by atoms with van der Waals surface area (Å²) in [5.74, 6) is 1.17. The van der Waals surface area contributed by atoms with E-state index in [1.165, 1.54) is 0 Å². The van der Waals surface area contributed by atoms with Crippen molar-refractivity contribution in [1.82, 2.24) is 4.98 Å². The highest BCUT2D eigenvalue weighted by molar-refractivity contribution is 9.10. The second kappa shape index (κ2) is 6.65. The molecule has 2 N–H and O–H groups in total. The van der Waals surface area contributed by atoms with Crippen LogP contribution in [0.3, 0.4) is 0 Å². The number of aromatic amines is 1. The van der Waals surface area contributed by atoms with E-state index < -0.39 is 0 Å². The van der Waals surface area contributed by atoms with E-state index in [1.807, 2.05) is 42.7 Å². The first-order valence-electron chi connectivity index (χ1n) is 7.71. The van der Waals surface area contributed by atoms with Crippen LogP contribution in [0.15, 0.2) is 45.8 Å². The Balaban J connectivity index is 1.65. The van der Waals surface area contributed by atoms with E-state index in [-0.39, 0.29) is 5.91 Å². The molecule has 0 unspecified atom stereocenters. The number of hydrogen-bond acceptors (Lipinski definition) is 4. The molecule has 1 aliphatic rings. The zero-order valence-corrected chi connectivity index (χ0v) is 15.8. The van der Waals surface area contributed by atoms with Crippen molar-refractivity contribution in [2.24, 2.45) is 0 Å². The number of anilines is 1. The normalized spacial score (nSPS) is 13.0. The second-order valence-electron chi connectivity index (χ2n) is 5.56. The topological polar surface area (TPSA) is 63.4 Å². The van der Waals surface area contributed by atoms with Crippen LogP contribution in [0.4, 0.5) is 5.69 Å². The van der Waals surface area contributed by atoms with Gasteiger partial charge in [0.25, 0.3) is 5.91 Å². The van der Waals surface area contributed by atoms with Gasteiger partial charge in [0.2, 0.25) is 0 Å². The number of nitrogens with one attached hydrogen (secondary N) is 2. The summed E-state index contributed by atoms with van der Waals surface area (Å²) in [6.07, 6.45) is 1.96. The van der Waals surface area contributed by atoms with E-state index in [9.17, 15) is 4.79 Å². The summed E-state index contributed by atoms with van der Waals surface area (Å²) >= 11 is 4.98. The van der Waals surface area contributed by atoms with E-state index >= 15 is 0 Å². The summed E-state index contributed by atoms with van der Waals surface area (Å²) in [6.45, 7) is 1.05. The third-order valence-electron chi connectivity index (χ3n) is 3.94. The molecular formula is C18H15BrN2O3S. The van der Waals surface area contributed by atoms with Crippen LogP contribution < -0.4 is 14.8 Å². The van der Waals surface area contributed by atoms with Crippen molar-refractivity contribution in [1.29, 1.82) is 0 Å². The lowest BCUT2D eigenvalue weighted by atomic mass is 10.2. The SMILES string of the molecule is CSc1cc2c(cc1NC(=O)c1cc3ccc(Br)cc3[nH]1)OCCO2. The second-order valence-corrected chi connectivity index (χ2v) is 7.33. The number of benzene rings is 2. The minimum Gasteiger partial charge on any atom is -0.486 e. The molecular weight excluding hydrogens is 404 g/mol. The minimum absolute atomic E-state index is 0.195. The van der Waals surface area contributed by atoms with Gasteiger partial charge in [0.05, 0.1) is 5.69 Å². The van der Waals surface area contributed by atoms with E-state index in [4.69, 9.17) is 9.47 Å². The van der Waals surface area contributed by atoms with Crippen LogP contribution >= 0.6 is 27.7 Å². The molecule has 128 valence electrons. The van der Waals surface area contributed by atoms with Crippen LogP contribution in [0.5, 0.6) is 11.5 Å². The number of rotatable bonds is 3. The monoisotopic (exact) mass is 418 g/mol. The molecule has 0 saturated carbocycles. The highest BCUT2D eigenvalue weighted by atomic mass is 79.9. The molecule has 2 heterocycles. The Labute approximate surface area is 157 Å². The van der Waals surface area contributed by atoms with Crippen molar-refractivity contribution in [3.63, 3.8) is 0 Å². The van der Waals surface area contributed by atoms with Gasteiger partial charge in [-0.2, -0.15) is 0 Å². The van der Waals surface area contributed by atoms with Crippen molar-refractivity contribution in [2.45, 2.75) is 4.90 Å². The molecule has 0 spiro atoms. The van der Waals surface area contributed by atoms with E-state index in [2.05, 4.69) is 26.2 Å². The Kier molecular flexibility index (Phi) is 4.35. The van der Waals surface area contributed by atoms with Gasteiger partial charge >= 0.3 is 0 Å². The molecule has 0 aliphatic carbocycles. The number of carbonyl (C=O) groups is 1. The number of amides is 1. The first kappa shape index (κ1) is 16.4. The lowest BCUT2D eigenvalue weighted by Crippen LogP contribution is -2.17. The number of hydrogen-bond donors (Lipinski definition) is 2. The molecule has 1 aliphatic heterocycles. The van der Waals surface area contributed by atoms with Gasteiger partial charge in [0.15, 0.2) is 11.5 Å². The molecule has 0 atom stereocenters. The molecule has 0 radical (unpaired) electrons. The highest BCUT2D eigenvalue weighted by Crippen LogP contribution is 2.39. The van der Waals surface area contributed by atoms with Crippen molar-refractivity contribution in [3.8, 4) is 11.5 Å². The van der Waals surface area contributed by atoms with Crippen LogP contribution in [0, 0.1) is 0 Å². The summed E-state index contributed by atoms with van der Waals surface area (Å²) in [5.41, 5.74) is 2.13. The van der Waals surface area contributed by atoms with Gasteiger partial charge in [-0.1, -0.05) is 22.0 Å². The average molecular weight is 419 g/mol. The molecule has 25 heavy (non-hydrogen) atoms. The average Bonchev–Trinajstić information content (AvgIpc) is 3.04. The maximum absolute atomic E-state index is 12.7. The van der Waals surface area contributed by atoms with Crippen LogP contribution in [0.1, 0.15) is 10.5 Å². The van der Waals surface area contributed by atoms with Gasteiger partial charge in [-0.25, -0.2) is 0 Å². The molecule has 3 aromatic rings.